The molecule has 150 valence electrons. The van der Waals surface area contributed by atoms with Gasteiger partial charge in [0.25, 0.3) is 5.56 Å². The van der Waals surface area contributed by atoms with Crippen LogP contribution in [0.4, 0.5) is 5.69 Å². The minimum Gasteiger partial charge on any atom is -0.488 e. The zero-order chi connectivity index (χ0) is 19.1. The van der Waals surface area contributed by atoms with Crippen molar-refractivity contribution in [2.45, 2.75) is 69.7 Å². The van der Waals surface area contributed by atoms with Gasteiger partial charge >= 0.3 is 0 Å². The van der Waals surface area contributed by atoms with Gasteiger partial charge in [0.1, 0.15) is 11.3 Å². The molecule has 0 amide bonds. The fraction of sp³-hybridized carbons (Fsp3) is 0.636. The molecule has 0 N–H and O–H groups in total. The second-order valence-corrected chi connectivity index (χ2v) is 8.56. The van der Waals surface area contributed by atoms with Gasteiger partial charge in [0.15, 0.2) is 0 Å². The van der Waals surface area contributed by atoms with Gasteiger partial charge in [0.2, 0.25) is 0 Å². The van der Waals surface area contributed by atoms with Gasteiger partial charge in [0, 0.05) is 31.9 Å². The van der Waals surface area contributed by atoms with Crippen molar-refractivity contribution in [1.29, 1.82) is 0 Å². The highest BCUT2D eigenvalue weighted by molar-refractivity contribution is 5.86. The first-order chi connectivity index (χ1) is 13.7. The van der Waals surface area contributed by atoms with E-state index >= 15 is 0 Å². The highest BCUT2D eigenvalue weighted by Gasteiger charge is 2.34. The van der Waals surface area contributed by atoms with Crippen molar-refractivity contribution in [2.24, 2.45) is 7.05 Å². The van der Waals surface area contributed by atoms with Crippen LogP contribution in [0.2, 0.25) is 0 Å². The predicted molar refractivity (Wildman–Crippen MR) is 109 cm³/mol. The Morgan fingerprint density at radius 2 is 1.75 bits per heavy atom. The Labute approximate surface area is 165 Å². The molecule has 6 heteroatoms. The van der Waals surface area contributed by atoms with Gasteiger partial charge in [-0.3, -0.25) is 4.79 Å². The molecule has 28 heavy (non-hydrogen) atoms. The molecule has 1 aromatic heterocycles. The lowest BCUT2D eigenvalue weighted by Crippen LogP contribution is -2.42. The maximum atomic E-state index is 12.2. The number of fused-ring (bicyclic) bond motifs is 3. The van der Waals surface area contributed by atoms with Crippen molar-refractivity contribution in [3.8, 4) is 5.75 Å². The number of nitrogens with zero attached hydrogens (tertiary/aromatic N) is 3. The summed E-state index contributed by atoms with van der Waals surface area (Å²) in [6, 6.07) is 4.22. The van der Waals surface area contributed by atoms with Crippen LogP contribution >= 0.6 is 0 Å². The van der Waals surface area contributed by atoms with Crippen molar-refractivity contribution in [2.75, 3.05) is 18.0 Å². The topological polar surface area (TPSA) is 56.6 Å². The summed E-state index contributed by atoms with van der Waals surface area (Å²) in [6.07, 6.45) is 11.8. The van der Waals surface area contributed by atoms with Crippen molar-refractivity contribution < 1.29 is 9.47 Å². The number of hydrogen-bond acceptors (Lipinski definition) is 5. The van der Waals surface area contributed by atoms with E-state index in [0.29, 0.717) is 12.2 Å². The number of morpholine rings is 1. The second kappa shape index (κ2) is 7.39. The largest absolute Gasteiger partial charge is 0.488 e. The minimum absolute atomic E-state index is 0.101. The summed E-state index contributed by atoms with van der Waals surface area (Å²) in [6.45, 7) is 1.83. The van der Waals surface area contributed by atoms with Crippen LogP contribution in [0, 0.1) is 0 Å². The van der Waals surface area contributed by atoms with Crippen LogP contribution in [-0.4, -0.2) is 41.0 Å². The van der Waals surface area contributed by atoms with Crippen molar-refractivity contribution in [3.05, 3.63) is 28.7 Å². The van der Waals surface area contributed by atoms with Crippen LogP contribution in [0.1, 0.15) is 51.4 Å². The van der Waals surface area contributed by atoms with Gasteiger partial charge < -0.3 is 18.9 Å². The molecule has 2 saturated heterocycles. The third-order valence-electron chi connectivity index (χ3n) is 6.52. The normalized spacial score (nSPS) is 25.8. The SMILES string of the molecule is Cn1c(=O)cnc2cc(N3CC4CCC(C3)O4)cc(OC3CCCCCC3)c21. The second-order valence-electron chi connectivity index (χ2n) is 8.56. The van der Waals surface area contributed by atoms with E-state index in [0.717, 1.165) is 61.2 Å². The van der Waals surface area contributed by atoms with E-state index < -0.39 is 0 Å². The first-order valence-electron chi connectivity index (χ1n) is 10.7. The molecule has 1 aromatic carbocycles. The summed E-state index contributed by atoms with van der Waals surface area (Å²) < 4.78 is 14.2. The van der Waals surface area contributed by atoms with E-state index in [1.165, 1.54) is 31.9 Å². The molecule has 0 spiro atoms. The third-order valence-corrected chi connectivity index (χ3v) is 6.52. The van der Waals surface area contributed by atoms with Gasteiger partial charge in [-0.2, -0.15) is 0 Å². The molecule has 1 saturated carbocycles. The summed E-state index contributed by atoms with van der Waals surface area (Å²) in [5.41, 5.74) is 2.65. The molecule has 2 bridgehead atoms. The highest BCUT2D eigenvalue weighted by atomic mass is 16.5. The van der Waals surface area contributed by atoms with E-state index in [1.807, 2.05) is 0 Å². The van der Waals surface area contributed by atoms with Gasteiger partial charge in [-0.1, -0.05) is 12.8 Å². The van der Waals surface area contributed by atoms with Crippen molar-refractivity contribution in [3.63, 3.8) is 0 Å². The molecular formula is C22H29N3O3. The number of hydrogen-bond donors (Lipinski definition) is 0. The van der Waals surface area contributed by atoms with Crippen LogP contribution in [0.3, 0.4) is 0 Å². The van der Waals surface area contributed by atoms with Crippen molar-refractivity contribution in [1.82, 2.24) is 9.55 Å². The molecule has 3 fully saturated rings. The van der Waals surface area contributed by atoms with Crippen LogP contribution in [0.5, 0.6) is 5.75 Å². The van der Waals surface area contributed by atoms with Gasteiger partial charge in [-0.25, -0.2) is 4.98 Å². The molecule has 5 rings (SSSR count). The van der Waals surface area contributed by atoms with E-state index in [9.17, 15) is 4.79 Å². The molecule has 2 aliphatic heterocycles. The number of benzene rings is 1. The number of aryl methyl sites for hydroxylation is 1. The van der Waals surface area contributed by atoms with Crippen LogP contribution in [-0.2, 0) is 11.8 Å². The number of anilines is 1. The average Bonchev–Trinajstić information content (AvgIpc) is 2.88. The number of rotatable bonds is 3. The van der Waals surface area contributed by atoms with E-state index in [2.05, 4.69) is 22.0 Å². The Kier molecular flexibility index (Phi) is 4.75. The van der Waals surface area contributed by atoms with Crippen molar-refractivity contribution >= 4 is 16.7 Å². The monoisotopic (exact) mass is 383 g/mol. The Hall–Kier alpha value is -2.08. The third kappa shape index (κ3) is 3.39. The lowest BCUT2D eigenvalue weighted by Gasteiger charge is -2.34. The van der Waals surface area contributed by atoms with Crippen LogP contribution in [0.25, 0.3) is 11.0 Å². The fourth-order valence-corrected chi connectivity index (χ4v) is 4.97. The average molecular weight is 383 g/mol. The Morgan fingerprint density at radius 3 is 2.46 bits per heavy atom. The molecule has 2 unspecified atom stereocenters. The zero-order valence-electron chi connectivity index (χ0n) is 16.6. The Bertz CT molecular complexity index is 905. The fourth-order valence-electron chi connectivity index (χ4n) is 4.97. The summed E-state index contributed by atoms with van der Waals surface area (Å²) in [7, 11) is 1.81. The summed E-state index contributed by atoms with van der Waals surface area (Å²) in [4.78, 5) is 19.1. The summed E-state index contributed by atoms with van der Waals surface area (Å²) in [5.74, 6) is 0.797. The number of aromatic nitrogens is 2. The van der Waals surface area contributed by atoms with Crippen LogP contribution in [0.15, 0.2) is 23.1 Å². The number of ether oxygens (including phenoxy) is 2. The van der Waals surface area contributed by atoms with E-state index in [4.69, 9.17) is 9.47 Å². The van der Waals surface area contributed by atoms with Crippen LogP contribution < -0.4 is 15.2 Å². The molecule has 2 aromatic rings. The minimum atomic E-state index is -0.101. The zero-order valence-corrected chi connectivity index (χ0v) is 16.6. The van der Waals surface area contributed by atoms with Gasteiger partial charge in [0.05, 0.1) is 30.0 Å². The maximum Gasteiger partial charge on any atom is 0.269 e. The smallest absolute Gasteiger partial charge is 0.269 e. The van der Waals surface area contributed by atoms with Gasteiger partial charge in [-0.15, -0.1) is 0 Å². The van der Waals surface area contributed by atoms with E-state index in [-0.39, 0.29) is 11.7 Å². The Morgan fingerprint density at radius 1 is 1.04 bits per heavy atom. The quantitative estimate of drug-likeness (QED) is 0.761. The molecule has 1 aliphatic carbocycles. The summed E-state index contributed by atoms with van der Waals surface area (Å²) >= 11 is 0. The lowest BCUT2D eigenvalue weighted by molar-refractivity contribution is 0.0305. The molecule has 0 radical (unpaired) electrons. The molecule has 6 nitrogen and oxygen atoms in total. The molecule has 3 aliphatic rings. The highest BCUT2D eigenvalue weighted by Crippen LogP contribution is 2.35. The predicted octanol–water partition coefficient (Wildman–Crippen LogP) is 3.40. The van der Waals surface area contributed by atoms with E-state index in [1.54, 1.807) is 11.6 Å². The molecular weight excluding hydrogens is 354 g/mol. The molecule has 2 atom stereocenters. The lowest BCUT2D eigenvalue weighted by atomic mass is 10.1. The maximum absolute atomic E-state index is 12.2. The summed E-state index contributed by atoms with van der Waals surface area (Å²) in [5, 5.41) is 0. The first kappa shape index (κ1) is 18.0. The first-order valence-corrected chi connectivity index (χ1v) is 10.7. The standard InChI is InChI=1S/C22H29N3O3/c1-24-21(26)12-23-19-10-15(25-13-17-8-9-18(14-25)27-17)11-20(22(19)24)28-16-6-4-2-3-5-7-16/h10-12,16-18H,2-9,13-14H2,1H3. The Balaban J connectivity index is 1.55. The van der Waals surface area contributed by atoms with Gasteiger partial charge in [-0.05, 0) is 44.6 Å². The molecule has 3 heterocycles.